The summed E-state index contributed by atoms with van der Waals surface area (Å²) in [5.74, 6) is 0.317. The van der Waals surface area contributed by atoms with Gasteiger partial charge in [-0.05, 0) is 35.9 Å². The molecule has 1 N–H and O–H groups in total. The standard InChI is InChI=1S/C14H11ClO3S/c1-18-12-5-3-9(8-11(12)17)2-4-10(16)13-6-7-14(15)19-13/h2-8,17H,1H3/b4-2+. The maximum Gasteiger partial charge on any atom is 0.195 e. The second kappa shape index (κ2) is 5.91. The number of carbonyl (C=O) groups excluding carboxylic acids is 1. The maximum atomic E-state index is 11.8. The van der Waals surface area contributed by atoms with E-state index in [0.717, 1.165) is 0 Å². The molecular formula is C14H11ClO3S. The number of hydrogen-bond donors (Lipinski definition) is 1. The third-order valence-corrected chi connectivity index (χ3v) is 3.69. The van der Waals surface area contributed by atoms with E-state index < -0.39 is 0 Å². The summed E-state index contributed by atoms with van der Waals surface area (Å²) >= 11 is 7.01. The number of phenols is 1. The Balaban J connectivity index is 2.14. The summed E-state index contributed by atoms with van der Waals surface area (Å²) in [6.45, 7) is 0. The zero-order chi connectivity index (χ0) is 13.8. The lowest BCUT2D eigenvalue weighted by Gasteiger charge is -2.03. The Hall–Kier alpha value is -1.78. The minimum Gasteiger partial charge on any atom is -0.504 e. The summed E-state index contributed by atoms with van der Waals surface area (Å²) in [6.07, 6.45) is 3.08. The van der Waals surface area contributed by atoms with E-state index >= 15 is 0 Å². The van der Waals surface area contributed by atoms with Crippen LogP contribution in [0.2, 0.25) is 4.34 Å². The zero-order valence-corrected chi connectivity index (χ0v) is 11.7. The van der Waals surface area contributed by atoms with E-state index in [0.29, 0.717) is 20.5 Å². The van der Waals surface area contributed by atoms with E-state index in [-0.39, 0.29) is 11.5 Å². The highest BCUT2D eigenvalue weighted by Gasteiger charge is 2.05. The van der Waals surface area contributed by atoms with Crippen LogP contribution in [0.1, 0.15) is 15.2 Å². The summed E-state index contributed by atoms with van der Waals surface area (Å²) in [5, 5.41) is 9.62. The third-order valence-electron chi connectivity index (χ3n) is 2.45. The number of benzene rings is 1. The summed E-state index contributed by atoms with van der Waals surface area (Å²) < 4.78 is 5.53. The number of halogens is 1. The molecule has 0 unspecified atom stereocenters. The molecule has 1 aromatic carbocycles. The highest BCUT2D eigenvalue weighted by atomic mass is 35.5. The van der Waals surface area contributed by atoms with Crippen LogP contribution in [0.4, 0.5) is 0 Å². The van der Waals surface area contributed by atoms with E-state index in [4.69, 9.17) is 16.3 Å². The molecule has 2 aromatic rings. The van der Waals surface area contributed by atoms with Crippen LogP contribution in [0, 0.1) is 0 Å². The zero-order valence-electron chi connectivity index (χ0n) is 10.1. The van der Waals surface area contributed by atoms with Crippen LogP contribution in [0.3, 0.4) is 0 Å². The quantitative estimate of drug-likeness (QED) is 0.684. The van der Waals surface area contributed by atoms with Gasteiger partial charge >= 0.3 is 0 Å². The second-order valence-corrected chi connectivity index (χ2v) is 5.45. The predicted octanol–water partition coefficient (Wildman–Crippen LogP) is 4.01. The molecule has 0 saturated heterocycles. The number of phenolic OH excluding ortho intramolecular Hbond substituents is 1. The lowest BCUT2D eigenvalue weighted by atomic mass is 10.1. The molecule has 0 radical (unpaired) electrons. The van der Waals surface area contributed by atoms with Crippen LogP contribution < -0.4 is 4.74 Å². The van der Waals surface area contributed by atoms with Gasteiger partial charge in [0, 0.05) is 0 Å². The molecule has 0 saturated carbocycles. The summed E-state index contributed by atoms with van der Waals surface area (Å²) in [6, 6.07) is 8.30. The first-order valence-corrected chi connectivity index (χ1v) is 6.64. The number of thiophene rings is 1. The fraction of sp³-hybridized carbons (Fsp3) is 0.0714. The lowest BCUT2D eigenvalue weighted by molar-refractivity contribution is 0.105. The number of ketones is 1. The highest BCUT2D eigenvalue weighted by molar-refractivity contribution is 7.18. The summed E-state index contributed by atoms with van der Waals surface area (Å²) in [5.41, 5.74) is 0.717. The molecule has 0 aliphatic rings. The van der Waals surface area contributed by atoms with Gasteiger partial charge in [0.1, 0.15) is 0 Å². The summed E-state index contributed by atoms with van der Waals surface area (Å²) in [7, 11) is 1.48. The van der Waals surface area contributed by atoms with Crippen LogP contribution >= 0.6 is 22.9 Å². The monoisotopic (exact) mass is 294 g/mol. The number of rotatable bonds is 4. The van der Waals surface area contributed by atoms with Gasteiger partial charge in [0.05, 0.1) is 16.3 Å². The Kier molecular flexibility index (Phi) is 4.24. The van der Waals surface area contributed by atoms with Crippen molar-refractivity contribution in [2.45, 2.75) is 0 Å². The van der Waals surface area contributed by atoms with E-state index in [2.05, 4.69) is 0 Å². The van der Waals surface area contributed by atoms with Gasteiger partial charge in [-0.15, -0.1) is 11.3 Å². The van der Waals surface area contributed by atoms with E-state index in [1.54, 1.807) is 30.3 Å². The first-order chi connectivity index (χ1) is 9.10. The Morgan fingerprint density at radius 2 is 2.16 bits per heavy atom. The van der Waals surface area contributed by atoms with Gasteiger partial charge in [0.15, 0.2) is 17.3 Å². The number of carbonyl (C=O) groups is 1. The molecule has 1 aromatic heterocycles. The molecule has 98 valence electrons. The average Bonchev–Trinajstić information content (AvgIpc) is 2.83. The molecule has 0 aliphatic heterocycles. The van der Waals surface area contributed by atoms with Gasteiger partial charge in [0.25, 0.3) is 0 Å². The van der Waals surface area contributed by atoms with E-state index in [1.165, 1.54) is 30.6 Å². The van der Waals surface area contributed by atoms with Crippen LogP contribution in [0.5, 0.6) is 11.5 Å². The average molecular weight is 295 g/mol. The smallest absolute Gasteiger partial charge is 0.195 e. The van der Waals surface area contributed by atoms with E-state index in [9.17, 15) is 9.90 Å². The molecule has 1 heterocycles. The van der Waals surface area contributed by atoms with Crippen molar-refractivity contribution < 1.29 is 14.6 Å². The van der Waals surface area contributed by atoms with Gasteiger partial charge in [0.2, 0.25) is 0 Å². The van der Waals surface area contributed by atoms with Crippen molar-refractivity contribution >= 4 is 34.8 Å². The van der Waals surface area contributed by atoms with Gasteiger partial charge in [-0.25, -0.2) is 0 Å². The first-order valence-electron chi connectivity index (χ1n) is 5.45. The second-order valence-electron chi connectivity index (χ2n) is 3.73. The molecule has 5 heteroatoms. The number of aromatic hydroxyl groups is 1. The molecule has 2 rings (SSSR count). The van der Waals surface area contributed by atoms with Crippen LogP contribution in [-0.2, 0) is 0 Å². The Morgan fingerprint density at radius 3 is 2.74 bits per heavy atom. The molecule has 3 nitrogen and oxygen atoms in total. The molecule has 0 amide bonds. The summed E-state index contributed by atoms with van der Waals surface area (Å²) in [4.78, 5) is 12.4. The first kappa shape index (κ1) is 13.6. The van der Waals surface area contributed by atoms with Gasteiger partial charge in [-0.1, -0.05) is 23.7 Å². The van der Waals surface area contributed by atoms with Crippen molar-refractivity contribution in [3.8, 4) is 11.5 Å². The molecule has 19 heavy (non-hydrogen) atoms. The molecule has 0 bridgehead atoms. The van der Waals surface area contributed by atoms with Crippen molar-refractivity contribution in [1.29, 1.82) is 0 Å². The van der Waals surface area contributed by atoms with Gasteiger partial charge < -0.3 is 9.84 Å². The largest absolute Gasteiger partial charge is 0.504 e. The van der Waals surface area contributed by atoms with Crippen molar-refractivity contribution in [2.24, 2.45) is 0 Å². The van der Waals surface area contributed by atoms with Gasteiger partial charge in [-0.3, -0.25) is 4.79 Å². The van der Waals surface area contributed by atoms with Crippen molar-refractivity contribution in [3.05, 3.63) is 51.2 Å². The molecular weight excluding hydrogens is 284 g/mol. The number of ether oxygens (including phenoxy) is 1. The van der Waals surface area contributed by atoms with Crippen LogP contribution in [0.25, 0.3) is 6.08 Å². The molecule has 0 spiro atoms. The van der Waals surface area contributed by atoms with E-state index in [1.807, 2.05) is 0 Å². The molecule has 0 fully saturated rings. The van der Waals surface area contributed by atoms with Crippen molar-refractivity contribution in [1.82, 2.24) is 0 Å². The maximum absolute atomic E-state index is 11.8. The number of methoxy groups -OCH3 is 1. The number of hydrogen-bond acceptors (Lipinski definition) is 4. The molecule has 0 atom stereocenters. The normalized spacial score (nSPS) is 10.8. The van der Waals surface area contributed by atoms with Gasteiger partial charge in [-0.2, -0.15) is 0 Å². The highest BCUT2D eigenvalue weighted by Crippen LogP contribution is 2.27. The Morgan fingerprint density at radius 1 is 1.37 bits per heavy atom. The van der Waals surface area contributed by atoms with Crippen molar-refractivity contribution in [2.75, 3.05) is 7.11 Å². The van der Waals surface area contributed by atoms with Crippen LogP contribution in [0.15, 0.2) is 36.4 Å². The fourth-order valence-electron chi connectivity index (χ4n) is 1.51. The van der Waals surface area contributed by atoms with Crippen LogP contribution in [-0.4, -0.2) is 18.0 Å². The topological polar surface area (TPSA) is 46.5 Å². The fourth-order valence-corrected chi connectivity index (χ4v) is 2.47. The third kappa shape index (κ3) is 3.36. The minimum absolute atomic E-state index is 0.0382. The lowest BCUT2D eigenvalue weighted by Crippen LogP contribution is -1.89. The molecule has 0 aliphatic carbocycles. The number of allylic oxidation sites excluding steroid dienone is 1. The predicted molar refractivity (Wildman–Crippen MR) is 77.4 cm³/mol. The Bertz CT molecular complexity index is 631. The minimum atomic E-state index is -0.118. The van der Waals surface area contributed by atoms with Crippen molar-refractivity contribution in [3.63, 3.8) is 0 Å². The SMILES string of the molecule is COc1ccc(/C=C/C(=O)c2ccc(Cl)s2)cc1O. The Labute approximate surface area is 119 Å².